The molecule has 0 spiro atoms. The number of aliphatic hydroxyl groups excluding tert-OH is 1. The monoisotopic (exact) mass is 440 g/mol. The highest BCUT2D eigenvalue weighted by atomic mass is 16.5. The van der Waals surface area contributed by atoms with Gasteiger partial charge in [-0.1, -0.05) is 44.5 Å². The summed E-state index contributed by atoms with van der Waals surface area (Å²) in [6, 6.07) is 7.04. The number of hydrogen-bond donors (Lipinski definition) is 1. The van der Waals surface area contributed by atoms with Gasteiger partial charge in [-0.2, -0.15) is 0 Å². The van der Waals surface area contributed by atoms with Gasteiger partial charge < -0.3 is 9.84 Å². The summed E-state index contributed by atoms with van der Waals surface area (Å²) in [6.45, 7) is 8.40. The van der Waals surface area contributed by atoms with Crippen LogP contribution in [-0.4, -0.2) is 24.3 Å². The Morgan fingerprint density at radius 3 is 2.22 bits per heavy atom. The third kappa shape index (κ3) is 7.20. The summed E-state index contributed by atoms with van der Waals surface area (Å²) in [7, 11) is 0. The fourth-order valence-corrected chi connectivity index (χ4v) is 5.88. The number of ether oxygens (including phenoxy) is 1. The standard InChI is InChI=1S/C29H44O3/c1-21(2)29(31)32-19-5-7-27-20-28(17-16-23(27)6-4-18-30)26-14-12-25(13-15-26)24-10-8-22(3)9-11-24/h16-17,20,22,24-26,30H,1,4-15,18-19H2,2-3H3. The molecule has 3 heteroatoms. The van der Waals surface area contributed by atoms with Crippen LogP contribution in [0.15, 0.2) is 30.4 Å². The van der Waals surface area contributed by atoms with Crippen molar-refractivity contribution >= 4 is 5.97 Å². The van der Waals surface area contributed by atoms with Crippen molar-refractivity contribution in [2.75, 3.05) is 13.2 Å². The molecule has 2 saturated carbocycles. The van der Waals surface area contributed by atoms with Gasteiger partial charge in [0.15, 0.2) is 0 Å². The fourth-order valence-electron chi connectivity index (χ4n) is 5.88. The van der Waals surface area contributed by atoms with Gasteiger partial charge in [-0.25, -0.2) is 4.79 Å². The maximum absolute atomic E-state index is 11.6. The van der Waals surface area contributed by atoms with Gasteiger partial charge in [-0.05, 0) is 111 Å². The summed E-state index contributed by atoms with van der Waals surface area (Å²) in [5, 5.41) is 9.29. The predicted molar refractivity (Wildman–Crippen MR) is 132 cm³/mol. The molecule has 1 aromatic rings. The second-order valence-corrected chi connectivity index (χ2v) is 10.5. The van der Waals surface area contributed by atoms with Crippen LogP contribution in [0.3, 0.4) is 0 Å². The van der Waals surface area contributed by atoms with Crippen molar-refractivity contribution in [2.45, 2.75) is 96.8 Å². The molecule has 3 nitrogen and oxygen atoms in total. The van der Waals surface area contributed by atoms with Gasteiger partial charge >= 0.3 is 5.97 Å². The quantitative estimate of drug-likeness (QED) is 0.248. The Bertz CT molecular complexity index is 737. The summed E-state index contributed by atoms with van der Waals surface area (Å²) >= 11 is 0. The van der Waals surface area contributed by atoms with Crippen LogP contribution < -0.4 is 0 Å². The largest absolute Gasteiger partial charge is 0.462 e. The van der Waals surface area contributed by atoms with Crippen LogP contribution in [0.5, 0.6) is 0 Å². The normalized spacial score (nSPS) is 26.0. The van der Waals surface area contributed by atoms with E-state index in [1.165, 1.54) is 68.1 Å². The number of hydrogen-bond acceptors (Lipinski definition) is 3. The van der Waals surface area contributed by atoms with E-state index < -0.39 is 0 Å². The Labute approximate surface area is 195 Å². The molecule has 0 bridgehead atoms. The van der Waals surface area contributed by atoms with Crippen molar-refractivity contribution in [3.63, 3.8) is 0 Å². The minimum absolute atomic E-state index is 0.224. The van der Waals surface area contributed by atoms with Gasteiger partial charge in [-0.15, -0.1) is 0 Å². The van der Waals surface area contributed by atoms with Crippen LogP contribution in [0.2, 0.25) is 0 Å². The number of rotatable bonds is 10. The summed E-state index contributed by atoms with van der Waals surface area (Å²) < 4.78 is 5.29. The molecule has 0 atom stereocenters. The first-order valence-electron chi connectivity index (χ1n) is 13.0. The minimum atomic E-state index is -0.302. The van der Waals surface area contributed by atoms with E-state index in [-0.39, 0.29) is 12.6 Å². The molecule has 0 saturated heterocycles. The molecule has 0 heterocycles. The van der Waals surface area contributed by atoms with Gasteiger partial charge in [-0.3, -0.25) is 0 Å². The SMILES string of the molecule is C=C(C)C(=O)OCCCc1cc(C2CCC(C3CCC(C)CC3)CC2)ccc1CCCO. The maximum Gasteiger partial charge on any atom is 0.333 e. The maximum atomic E-state index is 11.6. The first-order valence-corrected chi connectivity index (χ1v) is 13.0. The number of aliphatic hydroxyl groups is 1. The van der Waals surface area contributed by atoms with Crippen molar-refractivity contribution < 1.29 is 14.6 Å². The van der Waals surface area contributed by atoms with Crippen molar-refractivity contribution in [3.8, 4) is 0 Å². The molecule has 2 fully saturated rings. The lowest BCUT2D eigenvalue weighted by Crippen LogP contribution is -2.24. The average molecular weight is 441 g/mol. The third-order valence-corrected chi connectivity index (χ3v) is 7.98. The lowest BCUT2D eigenvalue weighted by atomic mass is 9.68. The Balaban J connectivity index is 1.57. The van der Waals surface area contributed by atoms with Gasteiger partial charge in [0.2, 0.25) is 0 Å². The zero-order valence-corrected chi connectivity index (χ0v) is 20.4. The minimum Gasteiger partial charge on any atom is -0.462 e. The Hall–Kier alpha value is -1.61. The smallest absolute Gasteiger partial charge is 0.333 e. The van der Waals surface area contributed by atoms with Crippen LogP contribution in [0, 0.1) is 17.8 Å². The molecule has 0 aliphatic heterocycles. The molecule has 32 heavy (non-hydrogen) atoms. The number of aryl methyl sites for hydroxylation is 2. The number of carbonyl (C=O) groups excluding carboxylic acids is 1. The molecule has 2 aliphatic rings. The van der Waals surface area contributed by atoms with Crippen LogP contribution in [0.25, 0.3) is 0 Å². The predicted octanol–water partition coefficient (Wildman–Crippen LogP) is 6.76. The highest BCUT2D eigenvalue weighted by Crippen LogP contribution is 2.44. The van der Waals surface area contributed by atoms with Crippen molar-refractivity contribution in [1.29, 1.82) is 0 Å². The zero-order valence-electron chi connectivity index (χ0n) is 20.4. The average Bonchev–Trinajstić information content (AvgIpc) is 2.81. The molecule has 0 aromatic heterocycles. The van der Waals surface area contributed by atoms with Crippen molar-refractivity contribution in [3.05, 3.63) is 47.0 Å². The summed E-state index contributed by atoms with van der Waals surface area (Å²) in [5.74, 6) is 3.24. The molecule has 0 radical (unpaired) electrons. The lowest BCUT2D eigenvalue weighted by Gasteiger charge is -2.37. The second kappa shape index (κ2) is 12.6. The van der Waals surface area contributed by atoms with Gasteiger partial charge in [0, 0.05) is 12.2 Å². The molecule has 0 amide bonds. The first kappa shape index (κ1) is 25.0. The molecule has 1 N–H and O–H groups in total. The summed E-state index contributed by atoms with van der Waals surface area (Å²) in [4.78, 5) is 11.6. The van der Waals surface area contributed by atoms with Crippen LogP contribution >= 0.6 is 0 Å². The fraction of sp³-hybridized carbons (Fsp3) is 0.690. The molecule has 0 unspecified atom stereocenters. The lowest BCUT2D eigenvalue weighted by molar-refractivity contribution is -0.139. The van der Waals surface area contributed by atoms with E-state index in [2.05, 4.69) is 31.7 Å². The van der Waals surface area contributed by atoms with E-state index in [0.29, 0.717) is 18.1 Å². The third-order valence-electron chi connectivity index (χ3n) is 7.98. The van der Waals surface area contributed by atoms with E-state index in [1.807, 2.05) is 0 Å². The number of benzene rings is 1. The molecule has 178 valence electrons. The first-order chi connectivity index (χ1) is 15.5. The van der Waals surface area contributed by atoms with Gasteiger partial charge in [0.1, 0.15) is 0 Å². The molecule has 2 aliphatic carbocycles. The zero-order chi connectivity index (χ0) is 22.9. The second-order valence-electron chi connectivity index (χ2n) is 10.5. The van der Waals surface area contributed by atoms with E-state index >= 15 is 0 Å². The van der Waals surface area contributed by atoms with Crippen LogP contribution in [0.4, 0.5) is 0 Å². The van der Waals surface area contributed by atoms with Crippen molar-refractivity contribution in [1.82, 2.24) is 0 Å². The van der Waals surface area contributed by atoms with E-state index in [9.17, 15) is 9.90 Å². The van der Waals surface area contributed by atoms with Crippen LogP contribution in [0.1, 0.15) is 101 Å². The van der Waals surface area contributed by atoms with Crippen molar-refractivity contribution in [2.24, 2.45) is 17.8 Å². The van der Waals surface area contributed by atoms with E-state index in [4.69, 9.17) is 4.74 Å². The van der Waals surface area contributed by atoms with Gasteiger partial charge in [0.25, 0.3) is 0 Å². The molecule has 3 rings (SSSR count). The van der Waals surface area contributed by atoms with Crippen LogP contribution in [-0.2, 0) is 22.4 Å². The van der Waals surface area contributed by atoms with E-state index in [0.717, 1.165) is 43.4 Å². The number of esters is 1. The molecule has 1 aromatic carbocycles. The molecular weight excluding hydrogens is 396 g/mol. The summed E-state index contributed by atoms with van der Waals surface area (Å²) in [6.07, 6.45) is 14.6. The highest BCUT2D eigenvalue weighted by molar-refractivity contribution is 5.86. The Morgan fingerprint density at radius 1 is 0.969 bits per heavy atom. The molecular formula is C29H44O3. The Kier molecular flexibility index (Phi) is 9.84. The topological polar surface area (TPSA) is 46.5 Å². The highest BCUT2D eigenvalue weighted by Gasteiger charge is 2.30. The Morgan fingerprint density at radius 2 is 1.59 bits per heavy atom. The van der Waals surface area contributed by atoms with Gasteiger partial charge in [0.05, 0.1) is 6.61 Å². The van der Waals surface area contributed by atoms with E-state index in [1.54, 1.807) is 6.92 Å². The summed E-state index contributed by atoms with van der Waals surface area (Å²) in [5.41, 5.74) is 4.64. The number of carbonyl (C=O) groups is 1.